The summed E-state index contributed by atoms with van der Waals surface area (Å²) < 4.78 is 31.0. The van der Waals surface area contributed by atoms with E-state index in [-0.39, 0.29) is 6.61 Å². The highest BCUT2D eigenvalue weighted by molar-refractivity contribution is 7.85. The zero-order chi connectivity index (χ0) is 14.5. The first-order valence-corrected chi connectivity index (χ1v) is 7.19. The third-order valence-corrected chi connectivity index (χ3v) is 2.39. The van der Waals surface area contributed by atoms with E-state index in [1.807, 2.05) is 0 Å². The molecule has 0 bridgehead atoms. The van der Waals surface area contributed by atoms with Gasteiger partial charge in [0.25, 0.3) is 10.1 Å². The van der Waals surface area contributed by atoms with Crippen LogP contribution in [-0.4, -0.2) is 76.8 Å². The van der Waals surface area contributed by atoms with Gasteiger partial charge in [-0.1, -0.05) is 6.92 Å². The lowest BCUT2D eigenvalue weighted by atomic mass is 9.94. The summed E-state index contributed by atoms with van der Waals surface area (Å²) in [5, 5.41) is 36.9. The fourth-order valence-corrected chi connectivity index (χ4v) is 1.52. The van der Waals surface area contributed by atoms with Crippen LogP contribution in [0, 0.1) is 0 Å². The normalized spacial score (nSPS) is 36.7. The Morgan fingerprint density at radius 1 is 1.06 bits per heavy atom. The SMILES string of the molecule is CC[C@@H]1OC(CO)[C@@H](O)[C@H](O)C1O.CS(=O)(=O)O. The van der Waals surface area contributed by atoms with Crippen molar-refractivity contribution in [2.24, 2.45) is 0 Å². The Bertz CT molecular complexity index is 301. The molecule has 0 amide bonds. The van der Waals surface area contributed by atoms with Crippen molar-refractivity contribution in [2.75, 3.05) is 12.9 Å². The molecule has 8 nitrogen and oxygen atoms in total. The van der Waals surface area contributed by atoms with Crippen LogP contribution in [0.2, 0.25) is 0 Å². The molecule has 0 aliphatic carbocycles. The molecule has 0 radical (unpaired) electrons. The third kappa shape index (κ3) is 6.05. The molecular weight excluding hydrogens is 268 g/mol. The molecular formula is C9H20O8S. The van der Waals surface area contributed by atoms with Gasteiger partial charge in [0.05, 0.1) is 19.0 Å². The minimum atomic E-state index is -3.67. The Morgan fingerprint density at radius 2 is 1.44 bits per heavy atom. The summed E-state index contributed by atoms with van der Waals surface area (Å²) in [6, 6.07) is 0. The number of ether oxygens (including phenoxy) is 1. The average molecular weight is 288 g/mol. The van der Waals surface area contributed by atoms with Crippen LogP contribution < -0.4 is 0 Å². The lowest BCUT2D eigenvalue weighted by molar-refractivity contribution is -0.229. The molecule has 9 heteroatoms. The molecule has 18 heavy (non-hydrogen) atoms. The molecule has 0 aromatic rings. The number of hydrogen-bond donors (Lipinski definition) is 5. The smallest absolute Gasteiger partial charge is 0.261 e. The minimum absolute atomic E-state index is 0.360. The van der Waals surface area contributed by atoms with Crippen molar-refractivity contribution in [1.82, 2.24) is 0 Å². The predicted molar refractivity (Wildman–Crippen MR) is 61.5 cm³/mol. The Balaban J connectivity index is 0.000000494. The number of hydrogen-bond acceptors (Lipinski definition) is 7. The van der Waals surface area contributed by atoms with E-state index in [1.165, 1.54) is 0 Å². The maximum absolute atomic E-state index is 9.40. The van der Waals surface area contributed by atoms with E-state index < -0.39 is 40.6 Å². The van der Waals surface area contributed by atoms with Crippen molar-refractivity contribution in [3.8, 4) is 0 Å². The second-order valence-corrected chi connectivity index (χ2v) is 5.47. The van der Waals surface area contributed by atoms with Gasteiger partial charge >= 0.3 is 0 Å². The van der Waals surface area contributed by atoms with Crippen LogP contribution in [0.4, 0.5) is 0 Å². The zero-order valence-corrected chi connectivity index (χ0v) is 11.0. The molecule has 1 rings (SSSR count). The fourth-order valence-electron chi connectivity index (χ4n) is 1.52. The van der Waals surface area contributed by atoms with Crippen molar-refractivity contribution in [3.63, 3.8) is 0 Å². The molecule has 1 saturated heterocycles. The Labute approximate surface area is 106 Å². The van der Waals surface area contributed by atoms with Crippen molar-refractivity contribution in [2.45, 2.75) is 43.9 Å². The van der Waals surface area contributed by atoms with Gasteiger partial charge in [-0.3, -0.25) is 4.55 Å². The summed E-state index contributed by atoms with van der Waals surface area (Å²) in [7, 11) is -3.67. The topological polar surface area (TPSA) is 145 Å². The Hall–Kier alpha value is -0.290. The van der Waals surface area contributed by atoms with E-state index in [0.29, 0.717) is 12.7 Å². The number of rotatable bonds is 2. The van der Waals surface area contributed by atoms with E-state index in [1.54, 1.807) is 6.92 Å². The monoisotopic (exact) mass is 288 g/mol. The van der Waals surface area contributed by atoms with Crippen LogP contribution in [0.3, 0.4) is 0 Å². The highest BCUT2D eigenvalue weighted by Gasteiger charge is 2.42. The Kier molecular flexibility index (Phi) is 7.22. The highest BCUT2D eigenvalue weighted by Crippen LogP contribution is 2.22. The molecule has 1 fully saturated rings. The largest absolute Gasteiger partial charge is 0.394 e. The van der Waals surface area contributed by atoms with E-state index in [2.05, 4.69) is 0 Å². The van der Waals surface area contributed by atoms with Crippen molar-refractivity contribution in [1.29, 1.82) is 0 Å². The molecule has 0 spiro atoms. The highest BCUT2D eigenvalue weighted by atomic mass is 32.2. The van der Waals surface area contributed by atoms with Gasteiger partial charge < -0.3 is 25.2 Å². The standard InChI is InChI=1S/C8H16O5.CH4O3S/c1-2-4-6(10)8(12)7(11)5(3-9)13-4;1-5(2,3)4/h4-12H,2-3H2,1H3;1H3,(H,2,3,4)/t4-,5?,6?,7+,8+;/m0./s1. The molecule has 0 aromatic carbocycles. The lowest BCUT2D eigenvalue weighted by Crippen LogP contribution is -2.58. The summed E-state index contributed by atoms with van der Waals surface area (Å²) in [6.07, 6.45) is -3.62. The quantitative estimate of drug-likeness (QED) is 0.358. The summed E-state index contributed by atoms with van der Waals surface area (Å²) in [5.74, 6) is 0. The number of aliphatic hydroxyl groups excluding tert-OH is 4. The molecule has 0 aromatic heterocycles. The maximum Gasteiger partial charge on any atom is 0.261 e. The first-order valence-electron chi connectivity index (χ1n) is 5.34. The molecule has 5 atom stereocenters. The van der Waals surface area contributed by atoms with Gasteiger partial charge in [-0.05, 0) is 6.42 Å². The third-order valence-electron chi connectivity index (χ3n) is 2.39. The molecule has 110 valence electrons. The summed E-state index contributed by atoms with van der Waals surface area (Å²) in [5.41, 5.74) is 0. The van der Waals surface area contributed by atoms with Gasteiger partial charge in [-0.25, -0.2) is 0 Å². The average Bonchev–Trinajstić information content (AvgIpc) is 2.24. The Morgan fingerprint density at radius 3 is 1.78 bits per heavy atom. The van der Waals surface area contributed by atoms with E-state index >= 15 is 0 Å². The van der Waals surface area contributed by atoms with E-state index in [9.17, 15) is 23.7 Å². The van der Waals surface area contributed by atoms with Crippen molar-refractivity contribution < 1.29 is 38.1 Å². The van der Waals surface area contributed by atoms with Crippen molar-refractivity contribution >= 4 is 10.1 Å². The molecule has 1 aliphatic heterocycles. The van der Waals surface area contributed by atoms with Crippen LogP contribution in [0.15, 0.2) is 0 Å². The molecule has 2 unspecified atom stereocenters. The van der Waals surface area contributed by atoms with Crippen LogP contribution in [0.5, 0.6) is 0 Å². The fraction of sp³-hybridized carbons (Fsp3) is 1.00. The van der Waals surface area contributed by atoms with Crippen LogP contribution >= 0.6 is 0 Å². The first-order chi connectivity index (χ1) is 8.11. The van der Waals surface area contributed by atoms with Gasteiger partial charge in [0.15, 0.2) is 0 Å². The van der Waals surface area contributed by atoms with Crippen molar-refractivity contribution in [3.05, 3.63) is 0 Å². The second kappa shape index (κ2) is 7.34. The summed E-state index contributed by atoms with van der Waals surface area (Å²) in [6.45, 7) is 1.44. The first kappa shape index (κ1) is 17.7. The van der Waals surface area contributed by atoms with Gasteiger partial charge in [0, 0.05) is 0 Å². The second-order valence-electron chi connectivity index (χ2n) is 4.01. The van der Waals surface area contributed by atoms with Gasteiger partial charge in [-0.15, -0.1) is 0 Å². The van der Waals surface area contributed by atoms with Gasteiger partial charge in [0.1, 0.15) is 24.4 Å². The lowest BCUT2D eigenvalue weighted by Gasteiger charge is -2.39. The predicted octanol–water partition coefficient (Wildman–Crippen LogP) is -2.26. The molecule has 5 N–H and O–H groups in total. The summed E-state index contributed by atoms with van der Waals surface area (Å²) >= 11 is 0. The van der Waals surface area contributed by atoms with Gasteiger partial charge in [0.2, 0.25) is 0 Å². The van der Waals surface area contributed by atoms with E-state index in [4.69, 9.17) is 14.4 Å². The molecule has 1 heterocycles. The number of aliphatic hydroxyl groups is 4. The maximum atomic E-state index is 9.40. The minimum Gasteiger partial charge on any atom is -0.394 e. The van der Waals surface area contributed by atoms with Crippen LogP contribution in [0.25, 0.3) is 0 Å². The zero-order valence-electron chi connectivity index (χ0n) is 10.2. The van der Waals surface area contributed by atoms with Crippen LogP contribution in [0.1, 0.15) is 13.3 Å². The summed E-state index contributed by atoms with van der Waals surface area (Å²) in [4.78, 5) is 0. The van der Waals surface area contributed by atoms with Crippen LogP contribution in [-0.2, 0) is 14.9 Å². The van der Waals surface area contributed by atoms with Gasteiger partial charge in [-0.2, -0.15) is 8.42 Å². The molecule has 0 saturated carbocycles. The van der Waals surface area contributed by atoms with E-state index in [0.717, 1.165) is 0 Å². The molecule has 1 aliphatic rings.